The minimum Gasteiger partial charge on any atom is -0.480 e. The first kappa shape index (κ1) is 22.8. The number of carbonyl (C=O) groups excluding carboxylic acids is 2. The molecule has 0 unspecified atom stereocenters. The van der Waals surface area contributed by atoms with E-state index < -0.39 is 36.0 Å². The number of allylic oxidation sites excluding steroid dienone is 1. The van der Waals surface area contributed by atoms with E-state index in [2.05, 4.69) is 10.6 Å². The van der Waals surface area contributed by atoms with Gasteiger partial charge in [-0.2, -0.15) is 0 Å². The zero-order valence-electron chi connectivity index (χ0n) is 16.9. The Morgan fingerprint density at radius 1 is 0.933 bits per heavy atom. The van der Waals surface area contributed by atoms with Gasteiger partial charge in [-0.3, -0.25) is 9.59 Å². The van der Waals surface area contributed by atoms with Crippen LogP contribution in [0.15, 0.2) is 72.3 Å². The Morgan fingerprint density at radius 2 is 1.50 bits per heavy atom. The molecule has 2 aromatic rings. The van der Waals surface area contributed by atoms with Gasteiger partial charge in [0, 0.05) is 5.56 Å². The molecule has 0 aromatic heterocycles. The molecule has 0 radical (unpaired) electrons. The molecule has 0 spiro atoms. The van der Waals surface area contributed by atoms with Crippen molar-refractivity contribution in [2.24, 2.45) is 0 Å². The summed E-state index contributed by atoms with van der Waals surface area (Å²) in [5.74, 6) is -2.56. The van der Waals surface area contributed by atoms with Gasteiger partial charge in [-0.25, -0.2) is 4.79 Å². The standard InChI is InChI=1S/C23H26N2O5/c1-15(2)13-14-18(23(29)30)24-22(28)20(26)19(16-9-5-3-6-10-16)25-21(27)17-11-7-4-8-12-17/h3-13,18-20,26H,14H2,1-2H3,(H,24,28)(H,25,27)(H,29,30)/t18-,19+,20-/m1/s1. The number of aliphatic hydroxyl groups is 1. The summed E-state index contributed by atoms with van der Waals surface area (Å²) < 4.78 is 0. The molecule has 4 N–H and O–H groups in total. The monoisotopic (exact) mass is 410 g/mol. The van der Waals surface area contributed by atoms with Crippen molar-refractivity contribution in [1.82, 2.24) is 10.6 Å². The molecular formula is C23H26N2O5. The molecular weight excluding hydrogens is 384 g/mol. The van der Waals surface area contributed by atoms with Gasteiger partial charge in [-0.15, -0.1) is 0 Å². The second-order valence-electron chi connectivity index (χ2n) is 7.09. The second kappa shape index (κ2) is 10.9. The molecule has 2 rings (SSSR count). The van der Waals surface area contributed by atoms with Crippen molar-refractivity contribution in [3.63, 3.8) is 0 Å². The van der Waals surface area contributed by atoms with Crippen LogP contribution in [0.2, 0.25) is 0 Å². The van der Waals surface area contributed by atoms with Crippen molar-refractivity contribution in [3.8, 4) is 0 Å². The molecule has 0 bridgehead atoms. The molecule has 3 atom stereocenters. The van der Waals surface area contributed by atoms with E-state index in [1.807, 2.05) is 13.8 Å². The van der Waals surface area contributed by atoms with E-state index in [1.54, 1.807) is 66.7 Å². The summed E-state index contributed by atoms with van der Waals surface area (Å²) in [6.45, 7) is 3.64. The van der Waals surface area contributed by atoms with Gasteiger partial charge in [0.2, 0.25) is 0 Å². The van der Waals surface area contributed by atoms with Crippen molar-refractivity contribution in [2.45, 2.75) is 38.5 Å². The van der Waals surface area contributed by atoms with Crippen LogP contribution in [0.5, 0.6) is 0 Å². The van der Waals surface area contributed by atoms with Crippen molar-refractivity contribution in [1.29, 1.82) is 0 Å². The molecule has 7 nitrogen and oxygen atoms in total. The van der Waals surface area contributed by atoms with E-state index in [1.165, 1.54) is 0 Å². The number of rotatable bonds is 9. The summed E-state index contributed by atoms with van der Waals surface area (Å²) in [6.07, 6.45) is 0.0911. The molecule has 0 saturated heterocycles. The van der Waals surface area contributed by atoms with Crippen LogP contribution in [0, 0.1) is 0 Å². The summed E-state index contributed by atoms with van der Waals surface area (Å²) in [7, 11) is 0. The maximum absolute atomic E-state index is 12.6. The van der Waals surface area contributed by atoms with Crippen LogP contribution in [0.4, 0.5) is 0 Å². The highest BCUT2D eigenvalue weighted by molar-refractivity contribution is 5.95. The number of hydrogen-bond acceptors (Lipinski definition) is 4. The van der Waals surface area contributed by atoms with Crippen molar-refractivity contribution < 1.29 is 24.6 Å². The number of carboxylic acids is 1. The zero-order chi connectivity index (χ0) is 22.1. The SMILES string of the molecule is CC(C)=CC[C@@H](NC(=O)[C@H](O)[C@@H](NC(=O)c1ccccc1)c1ccccc1)C(=O)O. The fourth-order valence-electron chi connectivity index (χ4n) is 2.80. The highest BCUT2D eigenvalue weighted by Crippen LogP contribution is 2.18. The van der Waals surface area contributed by atoms with Crippen LogP contribution < -0.4 is 10.6 Å². The smallest absolute Gasteiger partial charge is 0.326 e. The lowest BCUT2D eigenvalue weighted by atomic mass is 9.99. The number of hydrogen-bond donors (Lipinski definition) is 4. The highest BCUT2D eigenvalue weighted by Gasteiger charge is 2.31. The third-order valence-electron chi connectivity index (χ3n) is 4.44. The molecule has 0 fully saturated rings. The first-order valence-corrected chi connectivity index (χ1v) is 9.55. The normalized spacial score (nSPS) is 13.4. The number of carboxylic acid groups (broad SMARTS) is 1. The van der Waals surface area contributed by atoms with Gasteiger partial charge in [0.25, 0.3) is 11.8 Å². The van der Waals surface area contributed by atoms with E-state index in [9.17, 15) is 24.6 Å². The summed E-state index contributed by atoms with van der Waals surface area (Å²) in [5, 5.41) is 25.1. The van der Waals surface area contributed by atoms with E-state index in [4.69, 9.17) is 0 Å². The summed E-state index contributed by atoms with van der Waals surface area (Å²) in [5.41, 5.74) is 1.80. The van der Waals surface area contributed by atoms with Crippen LogP contribution in [-0.4, -0.2) is 40.1 Å². The van der Waals surface area contributed by atoms with Crippen LogP contribution in [0.1, 0.15) is 42.2 Å². The molecule has 0 heterocycles. The summed E-state index contributed by atoms with van der Waals surface area (Å²) >= 11 is 0. The molecule has 0 aliphatic heterocycles. The average molecular weight is 410 g/mol. The Balaban J connectivity index is 2.22. The van der Waals surface area contributed by atoms with E-state index in [0.717, 1.165) is 5.57 Å². The number of aliphatic carboxylic acids is 1. The number of benzene rings is 2. The Hall–Kier alpha value is -3.45. The third-order valence-corrected chi connectivity index (χ3v) is 4.44. The predicted octanol–water partition coefficient (Wildman–Crippen LogP) is 2.44. The topological polar surface area (TPSA) is 116 Å². The van der Waals surface area contributed by atoms with Crippen LogP contribution in [0.25, 0.3) is 0 Å². The quantitative estimate of drug-likeness (QED) is 0.474. The first-order chi connectivity index (χ1) is 14.3. The number of carbonyl (C=O) groups is 3. The highest BCUT2D eigenvalue weighted by atomic mass is 16.4. The number of nitrogens with one attached hydrogen (secondary N) is 2. The zero-order valence-corrected chi connectivity index (χ0v) is 16.9. The van der Waals surface area contributed by atoms with Crippen LogP contribution in [0.3, 0.4) is 0 Å². The van der Waals surface area contributed by atoms with Crippen LogP contribution >= 0.6 is 0 Å². The lowest BCUT2D eigenvalue weighted by Gasteiger charge is -2.25. The lowest BCUT2D eigenvalue weighted by molar-refractivity contribution is -0.143. The van der Waals surface area contributed by atoms with Gasteiger partial charge in [0.1, 0.15) is 6.04 Å². The largest absolute Gasteiger partial charge is 0.480 e. The predicted molar refractivity (Wildman–Crippen MR) is 113 cm³/mol. The molecule has 0 aliphatic carbocycles. The minimum atomic E-state index is -1.69. The van der Waals surface area contributed by atoms with Gasteiger partial charge in [0.05, 0.1) is 6.04 Å². The molecule has 158 valence electrons. The fraction of sp³-hybridized carbons (Fsp3) is 0.261. The van der Waals surface area contributed by atoms with Gasteiger partial charge in [-0.1, -0.05) is 60.2 Å². The maximum Gasteiger partial charge on any atom is 0.326 e. The van der Waals surface area contributed by atoms with E-state index in [-0.39, 0.29) is 6.42 Å². The Kier molecular flexibility index (Phi) is 8.31. The number of amides is 2. The number of aliphatic hydroxyl groups excluding tert-OH is 1. The first-order valence-electron chi connectivity index (χ1n) is 9.55. The van der Waals surface area contributed by atoms with Gasteiger partial charge >= 0.3 is 5.97 Å². The van der Waals surface area contributed by atoms with Crippen molar-refractivity contribution in [2.75, 3.05) is 0 Å². The van der Waals surface area contributed by atoms with Crippen molar-refractivity contribution >= 4 is 17.8 Å². The molecule has 0 saturated carbocycles. The van der Waals surface area contributed by atoms with E-state index >= 15 is 0 Å². The Labute approximate surface area is 175 Å². The second-order valence-corrected chi connectivity index (χ2v) is 7.09. The van der Waals surface area contributed by atoms with Gasteiger partial charge in [-0.05, 0) is 38.0 Å². The minimum absolute atomic E-state index is 0.0858. The van der Waals surface area contributed by atoms with Crippen molar-refractivity contribution in [3.05, 3.63) is 83.4 Å². The molecule has 0 aliphatic rings. The van der Waals surface area contributed by atoms with E-state index in [0.29, 0.717) is 11.1 Å². The summed E-state index contributed by atoms with van der Waals surface area (Å²) in [6, 6.07) is 14.7. The van der Waals surface area contributed by atoms with Gasteiger partial charge < -0.3 is 20.8 Å². The van der Waals surface area contributed by atoms with Gasteiger partial charge in [0.15, 0.2) is 6.10 Å². The maximum atomic E-state index is 12.6. The molecule has 30 heavy (non-hydrogen) atoms. The third kappa shape index (κ3) is 6.56. The average Bonchev–Trinajstić information content (AvgIpc) is 2.75. The lowest BCUT2D eigenvalue weighted by Crippen LogP contribution is -2.50. The molecule has 2 aromatic carbocycles. The molecule has 2 amide bonds. The molecule has 7 heteroatoms. The Morgan fingerprint density at radius 3 is 2.03 bits per heavy atom. The van der Waals surface area contributed by atoms with Crippen LogP contribution in [-0.2, 0) is 9.59 Å². The summed E-state index contributed by atoms with van der Waals surface area (Å²) in [4.78, 5) is 36.7. The Bertz CT molecular complexity index is 892. The fourth-order valence-corrected chi connectivity index (χ4v) is 2.80.